The van der Waals surface area contributed by atoms with Crippen molar-refractivity contribution in [1.29, 1.82) is 0 Å². The number of amides is 1. The molecular formula is C14H13ClN2O3S2. The molecule has 0 aliphatic carbocycles. The van der Waals surface area contributed by atoms with Crippen LogP contribution in [0.4, 0.5) is 0 Å². The molecule has 5 nitrogen and oxygen atoms in total. The number of carbonyl (C=O) groups is 2. The van der Waals surface area contributed by atoms with Gasteiger partial charge in [0.1, 0.15) is 10.7 Å². The Morgan fingerprint density at radius 2 is 2.27 bits per heavy atom. The summed E-state index contributed by atoms with van der Waals surface area (Å²) in [5.74, 6) is -1.06. The molecule has 1 unspecified atom stereocenters. The number of aliphatic carboxylic acids is 1. The Balaban J connectivity index is 1.78. The fraction of sp³-hybridized carbons (Fsp3) is 0.357. The Labute approximate surface area is 140 Å². The molecule has 1 N–H and O–H groups in total. The molecule has 0 saturated carbocycles. The summed E-state index contributed by atoms with van der Waals surface area (Å²) in [5.41, 5.74) is 0.377. The minimum absolute atomic E-state index is 0.0106. The van der Waals surface area contributed by atoms with E-state index in [4.69, 9.17) is 16.7 Å². The zero-order valence-electron chi connectivity index (χ0n) is 11.5. The third-order valence-electron chi connectivity index (χ3n) is 3.56. The molecule has 116 valence electrons. The largest absolute Gasteiger partial charge is 0.481 e. The summed E-state index contributed by atoms with van der Waals surface area (Å²) in [6.45, 7) is 0.592. The minimum Gasteiger partial charge on any atom is -0.481 e. The van der Waals surface area contributed by atoms with Gasteiger partial charge in [0, 0.05) is 18.0 Å². The maximum Gasteiger partial charge on any atom is 0.305 e. The molecule has 1 aliphatic rings. The lowest BCUT2D eigenvalue weighted by Crippen LogP contribution is -2.37. The number of hydrogen-bond donors (Lipinski definition) is 1. The predicted molar refractivity (Wildman–Crippen MR) is 86.7 cm³/mol. The number of carboxylic acids is 1. The van der Waals surface area contributed by atoms with Crippen LogP contribution in [0.1, 0.15) is 29.8 Å². The van der Waals surface area contributed by atoms with Crippen molar-refractivity contribution in [3.63, 3.8) is 0 Å². The van der Waals surface area contributed by atoms with Crippen molar-refractivity contribution >= 4 is 46.2 Å². The van der Waals surface area contributed by atoms with Gasteiger partial charge in [-0.15, -0.1) is 22.7 Å². The van der Waals surface area contributed by atoms with Crippen molar-refractivity contribution in [1.82, 2.24) is 9.88 Å². The fourth-order valence-corrected chi connectivity index (χ4v) is 4.49. The van der Waals surface area contributed by atoms with Crippen LogP contribution in [0.2, 0.25) is 4.34 Å². The Hall–Kier alpha value is -1.44. The maximum absolute atomic E-state index is 12.5. The molecule has 22 heavy (non-hydrogen) atoms. The summed E-state index contributed by atoms with van der Waals surface area (Å²) in [6, 6.07) is 3.45. The highest BCUT2D eigenvalue weighted by molar-refractivity contribution is 7.23. The standard InChI is InChI=1S/C14H13ClN2O3S2/c15-11-4-3-10(22-11)13-16-9(7-21-13)14(20)17-5-1-2-8(17)6-12(18)19/h3-4,7-8H,1-2,5-6H2,(H,18,19). The van der Waals surface area contributed by atoms with Gasteiger partial charge in [-0.3, -0.25) is 9.59 Å². The lowest BCUT2D eigenvalue weighted by atomic mass is 10.1. The molecular weight excluding hydrogens is 344 g/mol. The summed E-state index contributed by atoms with van der Waals surface area (Å²) in [5, 5.41) is 11.4. The van der Waals surface area contributed by atoms with E-state index in [9.17, 15) is 9.59 Å². The quantitative estimate of drug-likeness (QED) is 0.908. The van der Waals surface area contributed by atoms with Crippen molar-refractivity contribution < 1.29 is 14.7 Å². The molecule has 3 rings (SSSR count). The normalized spacial score (nSPS) is 17.9. The van der Waals surface area contributed by atoms with E-state index in [1.165, 1.54) is 22.7 Å². The Morgan fingerprint density at radius 1 is 1.45 bits per heavy atom. The Kier molecular flexibility index (Phi) is 4.46. The highest BCUT2D eigenvalue weighted by atomic mass is 35.5. The zero-order valence-corrected chi connectivity index (χ0v) is 13.9. The summed E-state index contributed by atoms with van der Waals surface area (Å²) < 4.78 is 0.680. The van der Waals surface area contributed by atoms with Crippen molar-refractivity contribution in [2.45, 2.75) is 25.3 Å². The average molecular weight is 357 g/mol. The van der Waals surface area contributed by atoms with E-state index >= 15 is 0 Å². The molecule has 2 aromatic heterocycles. The first kappa shape index (κ1) is 15.5. The topological polar surface area (TPSA) is 70.5 Å². The van der Waals surface area contributed by atoms with Crippen molar-refractivity contribution in [3.05, 3.63) is 27.5 Å². The van der Waals surface area contributed by atoms with Gasteiger partial charge in [0.25, 0.3) is 5.91 Å². The van der Waals surface area contributed by atoms with Gasteiger partial charge in [0.2, 0.25) is 0 Å². The van der Waals surface area contributed by atoms with Gasteiger partial charge in [-0.05, 0) is 25.0 Å². The lowest BCUT2D eigenvalue weighted by Gasteiger charge is -2.22. The van der Waals surface area contributed by atoms with E-state index < -0.39 is 5.97 Å². The second-order valence-corrected chi connectivity index (χ2v) is 7.61. The number of hydrogen-bond acceptors (Lipinski definition) is 5. The van der Waals surface area contributed by atoms with E-state index in [2.05, 4.69) is 4.98 Å². The predicted octanol–water partition coefficient (Wildman–Crippen LogP) is 3.60. The number of thiophene rings is 1. The van der Waals surface area contributed by atoms with Crippen LogP contribution in [0.15, 0.2) is 17.5 Å². The molecule has 8 heteroatoms. The number of aromatic nitrogens is 1. The smallest absolute Gasteiger partial charge is 0.305 e. The summed E-state index contributed by atoms with van der Waals surface area (Å²) >= 11 is 8.73. The van der Waals surface area contributed by atoms with Crippen LogP contribution in [0.25, 0.3) is 9.88 Å². The molecule has 0 spiro atoms. The van der Waals surface area contributed by atoms with E-state index in [1.807, 2.05) is 6.07 Å². The number of carboxylic acid groups (broad SMARTS) is 1. The molecule has 1 saturated heterocycles. The third kappa shape index (κ3) is 3.16. The number of halogens is 1. The SMILES string of the molecule is O=C(O)CC1CCCN1C(=O)c1csc(-c2ccc(Cl)s2)n1. The highest BCUT2D eigenvalue weighted by Crippen LogP contribution is 2.33. The number of carbonyl (C=O) groups excluding carboxylic acids is 1. The highest BCUT2D eigenvalue weighted by Gasteiger charge is 2.32. The molecule has 1 atom stereocenters. The van der Waals surface area contributed by atoms with Crippen LogP contribution in [0.5, 0.6) is 0 Å². The van der Waals surface area contributed by atoms with E-state index in [-0.39, 0.29) is 18.4 Å². The van der Waals surface area contributed by atoms with E-state index in [1.54, 1.807) is 16.3 Å². The van der Waals surface area contributed by atoms with Gasteiger partial charge in [0.05, 0.1) is 15.6 Å². The van der Waals surface area contributed by atoms with E-state index in [0.717, 1.165) is 22.7 Å². The lowest BCUT2D eigenvalue weighted by molar-refractivity contribution is -0.137. The molecule has 1 aliphatic heterocycles. The maximum atomic E-state index is 12.5. The number of rotatable bonds is 4. The first-order chi connectivity index (χ1) is 10.5. The van der Waals surface area contributed by atoms with Crippen molar-refractivity contribution in [3.8, 4) is 9.88 Å². The van der Waals surface area contributed by atoms with Crippen LogP contribution >= 0.6 is 34.3 Å². The molecule has 3 heterocycles. The first-order valence-electron chi connectivity index (χ1n) is 6.78. The van der Waals surface area contributed by atoms with Gasteiger partial charge in [0.15, 0.2) is 0 Å². The number of nitrogens with zero attached hydrogens (tertiary/aromatic N) is 2. The molecule has 0 bridgehead atoms. The van der Waals surface area contributed by atoms with Gasteiger partial charge >= 0.3 is 5.97 Å². The van der Waals surface area contributed by atoms with Crippen LogP contribution in [-0.2, 0) is 4.79 Å². The fourth-order valence-electron chi connectivity index (χ4n) is 2.58. The summed E-state index contributed by atoms with van der Waals surface area (Å²) in [7, 11) is 0. The van der Waals surface area contributed by atoms with Gasteiger partial charge in [-0.2, -0.15) is 0 Å². The minimum atomic E-state index is -0.878. The second kappa shape index (κ2) is 6.36. The monoisotopic (exact) mass is 356 g/mol. The first-order valence-corrected chi connectivity index (χ1v) is 8.86. The average Bonchev–Trinajstić information content (AvgIpc) is 3.16. The number of thiazole rings is 1. The molecule has 0 aromatic carbocycles. The second-order valence-electron chi connectivity index (χ2n) is 5.03. The Bertz CT molecular complexity index is 713. The molecule has 1 amide bonds. The Morgan fingerprint density at radius 3 is 2.95 bits per heavy atom. The van der Waals surface area contributed by atoms with Gasteiger partial charge in [-0.25, -0.2) is 4.98 Å². The third-order valence-corrected chi connectivity index (χ3v) is 5.80. The van der Waals surface area contributed by atoms with Crippen LogP contribution in [0, 0.1) is 0 Å². The molecule has 0 radical (unpaired) electrons. The van der Waals surface area contributed by atoms with E-state index in [0.29, 0.717) is 16.6 Å². The van der Waals surface area contributed by atoms with Gasteiger partial charge < -0.3 is 10.0 Å². The molecule has 2 aromatic rings. The van der Waals surface area contributed by atoms with Crippen LogP contribution in [0.3, 0.4) is 0 Å². The summed E-state index contributed by atoms with van der Waals surface area (Å²) in [6.07, 6.45) is 1.56. The van der Waals surface area contributed by atoms with Crippen molar-refractivity contribution in [2.75, 3.05) is 6.54 Å². The number of likely N-dealkylation sites (tertiary alicyclic amines) is 1. The van der Waals surface area contributed by atoms with Crippen LogP contribution in [-0.4, -0.2) is 39.5 Å². The zero-order chi connectivity index (χ0) is 15.7. The van der Waals surface area contributed by atoms with Gasteiger partial charge in [-0.1, -0.05) is 11.6 Å². The molecule has 1 fully saturated rings. The summed E-state index contributed by atoms with van der Waals surface area (Å²) in [4.78, 5) is 30.4. The van der Waals surface area contributed by atoms with Crippen LogP contribution < -0.4 is 0 Å². The van der Waals surface area contributed by atoms with Crippen molar-refractivity contribution in [2.24, 2.45) is 0 Å².